The van der Waals surface area contributed by atoms with Gasteiger partial charge in [-0.15, -0.1) is 0 Å². The normalized spacial score (nSPS) is 10.7. The molecule has 1 N–H and O–H groups in total. The minimum atomic E-state index is -0.780. The summed E-state index contributed by atoms with van der Waals surface area (Å²) in [6.45, 7) is 4.06. The number of aliphatic carboxylic acids is 1. The Kier molecular flexibility index (Phi) is 3.69. The molecular weight excluding hydrogens is 240 g/mol. The van der Waals surface area contributed by atoms with Crippen LogP contribution in [0.2, 0.25) is 0 Å². The first-order valence-corrected chi connectivity index (χ1v) is 6.31. The number of hydrogen-bond acceptors (Lipinski definition) is 2. The van der Waals surface area contributed by atoms with E-state index in [2.05, 4.69) is 18.1 Å². The lowest BCUT2D eigenvalue weighted by Gasteiger charge is -2.03. The summed E-state index contributed by atoms with van der Waals surface area (Å²) in [5, 5.41) is 13.3. The molecule has 0 spiro atoms. The lowest BCUT2D eigenvalue weighted by Crippen LogP contribution is -2.03. The Hall–Kier alpha value is -2.10. The number of hydrogen-bond donors (Lipinski definition) is 1. The van der Waals surface area contributed by atoms with Crippen molar-refractivity contribution in [2.24, 2.45) is 7.05 Å². The van der Waals surface area contributed by atoms with Crippen molar-refractivity contribution in [1.29, 1.82) is 0 Å². The van der Waals surface area contributed by atoms with Crippen molar-refractivity contribution in [2.75, 3.05) is 0 Å². The first kappa shape index (κ1) is 13.3. The number of carboxylic acids is 1. The zero-order valence-corrected chi connectivity index (χ0v) is 11.5. The molecule has 1 heterocycles. The maximum atomic E-state index is 10.7. The number of rotatable bonds is 4. The standard InChI is InChI=1S/C15H18N2O2/c1-10-6-4-5-7-12(10)15-11(2)13(17(3)16-15)8-9-14(18)19/h4-7H,8-9H2,1-3H3,(H,18,19). The lowest BCUT2D eigenvalue weighted by atomic mass is 10.0. The Balaban J connectivity index is 2.41. The van der Waals surface area contributed by atoms with Gasteiger partial charge in [-0.3, -0.25) is 9.48 Å². The topological polar surface area (TPSA) is 55.1 Å². The average molecular weight is 258 g/mol. The van der Waals surface area contributed by atoms with Gasteiger partial charge in [-0.25, -0.2) is 0 Å². The van der Waals surface area contributed by atoms with Gasteiger partial charge in [0.15, 0.2) is 0 Å². The highest BCUT2D eigenvalue weighted by Crippen LogP contribution is 2.27. The Bertz CT molecular complexity index is 615. The Labute approximate surface area is 112 Å². The number of carboxylic acid groups (broad SMARTS) is 1. The number of aryl methyl sites for hydroxylation is 2. The third-order valence-electron chi connectivity index (χ3n) is 3.40. The molecule has 0 saturated carbocycles. The molecule has 0 radical (unpaired) electrons. The van der Waals surface area contributed by atoms with Crippen molar-refractivity contribution in [2.45, 2.75) is 26.7 Å². The van der Waals surface area contributed by atoms with Crippen LogP contribution in [0.15, 0.2) is 24.3 Å². The molecule has 0 saturated heterocycles. The van der Waals surface area contributed by atoms with Gasteiger partial charge >= 0.3 is 5.97 Å². The molecule has 2 rings (SSSR count). The van der Waals surface area contributed by atoms with Gasteiger partial charge in [0.25, 0.3) is 0 Å². The molecule has 19 heavy (non-hydrogen) atoms. The lowest BCUT2D eigenvalue weighted by molar-refractivity contribution is -0.136. The van der Waals surface area contributed by atoms with Crippen molar-refractivity contribution < 1.29 is 9.90 Å². The van der Waals surface area contributed by atoms with Crippen LogP contribution in [-0.4, -0.2) is 20.9 Å². The van der Waals surface area contributed by atoms with E-state index in [9.17, 15) is 4.79 Å². The zero-order valence-electron chi connectivity index (χ0n) is 11.5. The first-order valence-electron chi connectivity index (χ1n) is 6.31. The molecule has 0 amide bonds. The SMILES string of the molecule is Cc1ccccc1-c1nn(C)c(CCC(=O)O)c1C. The zero-order chi connectivity index (χ0) is 14.0. The minimum absolute atomic E-state index is 0.133. The van der Waals surface area contributed by atoms with Crippen molar-refractivity contribution in [1.82, 2.24) is 9.78 Å². The highest BCUT2D eigenvalue weighted by molar-refractivity contribution is 5.69. The summed E-state index contributed by atoms with van der Waals surface area (Å²) in [5.74, 6) is -0.780. The largest absolute Gasteiger partial charge is 0.481 e. The highest BCUT2D eigenvalue weighted by atomic mass is 16.4. The molecule has 0 atom stereocenters. The second kappa shape index (κ2) is 5.26. The molecule has 0 unspecified atom stereocenters. The van der Waals surface area contributed by atoms with E-state index in [4.69, 9.17) is 5.11 Å². The Morgan fingerprint density at radius 1 is 1.32 bits per heavy atom. The van der Waals surface area contributed by atoms with Crippen LogP contribution in [0, 0.1) is 13.8 Å². The Morgan fingerprint density at radius 2 is 2.00 bits per heavy atom. The van der Waals surface area contributed by atoms with Crippen molar-refractivity contribution in [3.63, 3.8) is 0 Å². The van der Waals surface area contributed by atoms with E-state index in [0.717, 1.165) is 22.5 Å². The van der Waals surface area contributed by atoms with Crippen LogP contribution >= 0.6 is 0 Å². The van der Waals surface area contributed by atoms with E-state index >= 15 is 0 Å². The molecule has 0 aliphatic carbocycles. The summed E-state index contributed by atoms with van der Waals surface area (Å²) < 4.78 is 1.79. The summed E-state index contributed by atoms with van der Waals surface area (Å²) in [6.07, 6.45) is 0.643. The van der Waals surface area contributed by atoms with E-state index in [-0.39, 0.29) is 6.42 Å². The van der Waals surface area contributed by atoms with Gasteiger partial charge in [0.1, 0.15) is 0 Å². The second-order valence-corrected chi connectivity index (χ2v) is 4.75. The van der Waals surface area contributed by atoms with Crippen LogP contribution in [-0.2, 0) is 18.3 Å². The quantitative estimate of drug-likeness (QED) is 0.917. The van der Waals surface area contributed by atoms with Crippen LogP contribution in [0.3, 0.4) is 0 Å². The van der Waals surface area contributed by atoms with Crippen molar-refractivity contribution >= 4 is 5.97 Å². The first-order chi connectivity index (χ1) is 9.00. The fourth-order valence-corrected chi connectivity index (χ4v) is 2.33. The summed E-state index contributed by atoms with van der Waals surface area (Å²) in [7, 11) is 1.87. The van der Waals surface area contributed by atoms with Crippen LogP contribution in [0.1, 0.15) is 23.2 Å². The van der Waals surface area contributed by atoms with E-state index in [1.165, 1.54) is 5.56 Å². The smallest absolute Gasteiger partial charge is 0.303 e. The van der Waals surface area contributed by atoms with Crippen LogP contribution in [0.5, 0.6) is 0 Å². The average Bonchev–Trinajstić information content (AvgIpc) is 2.63. The van der Waals surface area contributed by atoms with Crippen molar-refractivity contribution in [3.05, 3.63) is 41.1 Å². The molecule has 0 aliphatic heterocycles. The van der Waals surface area contributed by atoms with Gasteiger partial charge in [-0.05, 0) is 25.0 Å². The van der Waals surface area contributed by atoms with Crippen molar-refractivity contribution in [3.8, 4) is 11.3 Å². The van der Waals surface area contributed by atoms with Gasteiger partial charge in [0.05, 0.1) is 12.1 Å². The van der Waals surface area contributed by atoms with E-state index < -0.39 is 5.97 Å². The van der Waals surface area contributed by atoms with Crippen LogP contribution in [0.25, 0.3) is 11.3 Å². The number of carbonyl (C=O) groups is 1. The molecule has 1 aromatic carbocycles. The predicted octanol–water partition coefficient (Wildman–Crippen LogP) is 2.72. The molecule has 100 valence electrons. The summed E-state index contributed by atoms with van der Waals surface area (Å²) in [4.78, 5) is 10.7. The van der Waals surface area contributed by atoms with Gasteiger partial charge in [0.2, 0.25) is 0 Å². The molecule has 0 bridgehead atoms. The van der Waals surface area contributed by atoms with Crippen LogP contribution in [0.4, 0.5) is 0 Å². The summed E-state index contributed by atoms with van der Waals surface area (Å²) in [6, 6.07) is 8.10. The number of nitrogens with zero attached hydrogens (tertiary/aromatic N) is 2. The molecule has 2 aromatic rings. The molecule has 1 aromatic heterocycles. The maximum absolute atomic E-state index is 10.7. The third kappa shape index (κ3) is 2.67. The predicted molar refractivity (Wildman–Crippen MR) is 74.1 cm³/mol. The molecule has 4 heteroatoms. The van der Waals surface area contributed by atoms with E-state index in [1.807, 2.05) is 32.2 Å². The molecule has 0 fully saturated rings. The molecule has 4 nitrogen and oxygen atoms in total. The van der Waals surface area contributed by atoms with Gasteiger partial charge in [-0.1, -0.05) is 24.3 Å². The fourth-order valence-electron chi connectivity index (χ4n) is 2.33. The highest BCUT2D eigenvalue weighted by Gasteiger charge is 2.15. The monoisotopic (exact) mass is 258 g/mol. The third-order valence-corrected chi connectivity index (χ3v) is 3.40. The van der Waals surface area contributed by atoms with E-state index in [1.54, 1.807) is 4.68 Å². The summed E-state index contributed by atoms with van der Waals surface area (Å²) >= 11 is 0. The summed E-state index contributed by atoms with van der Waals surface area (Å²) in [5.41, 5.74) is 5.28. The molecule has 0 aliphatic rings. The maximum Gasteiger partial charge on any atom is 0.303 e. The van der Waals surface area contributed by atoms with Gasteiger partial charge in [-0.2, -0.15) is 5.10 Å². The number of aromatic nitrogens is 2. The van der Waals surface area contributed by atoms with Gasteiger partial charge in [0, 0.05) is 24.7 Å². The molecular formula is C15H18N2O2. The second-order valence-electron chi connectivity index (χ2n) is 4.75. The Morgan fingerprint density at radius 3 is 2.63 bits per heavy atom. The van der Waals surface area contributed by atoms with Gasteiger partial charge < -0.3 is 5.11 Å². The minimum Gasteiger partial charge on any atom is -0.481 e. The van der Waals surface area contributed by atoms with E-state index in [0.29, 0.717) is 6.42 Å². The number of benzene rings is 1. The van der Waals surface area contributed by atoms with Crippen LogP contribution < -0.4 is 0 Å². The fraction of sp³-hybridized carbons (Fsp3) is 0.333.